The van der Waals surface area contributed by atoms with E-state index in [9.17, 15) is 9.18 Å². The van der Waals surface area contributed by atoms with Gasteiger partial charge in [-0.15, -0.1) is 0 Å². The van der Waals surface area contributed by atoms with Gasteiger partial charge in [0.15, 0.2) is 0 Å². The van der Waals surface area contributed by atoms with Gasteiger partial charge in [0.1, 0.15) is 17.6 Å². The molecule has 0 saturated heterocycles. The number of halogens is 2. The van der Waals surface area contributed by atoms with Crippen LogP contribution in [0.15, 0.2) is 16.6 Å². The third kappa shape index (κ3) is 2.76. The van der Waals surface area contributed by atoms with E-state index in [4.69, 9.17) is 15.6 Å². The number of hydrogen-bond donors (Lipinski definition) is 2. The van der Waals surface area contributed by atoms with Gasteiger partial charge in [-0.25, -0.2) is 4.39 Å². The summed E-state index contributed by atoms with van der Waals surface area (Å²) in [4.78, 5) is 10.9. The minimum atomic E-state index is -1.30. The quantitative estimate of drug-likeness (QED) is 0.894. The van der Waals surface area contributed by atoms with Crippen molar-refractivity contribution in [2.75, 3.05) is 0 Å². The fraction of sp³-hybridized carbons (Fsp3) is 0.364. The summed E-state index contributed by atoms with van der Waals surface area (Å²) in [6, 6.07) is 1.03. The van der Waals surface area contributed by atoms with Crippen LogP contribution in [-0.2, 0) is 4.79 Å². The zero-order valence-electron chi connectivity index (χ0n) is 8.82. The van der Waals surface area contributed by atoms with Crippen LogP contribution in [0, 0.1) is 5.82 Å². The standard InChI is InChI=1S/C11H11BrFNO3/c12-8-4-5(13)3-7(9(14)11(15)16)10(8)17-6-1-2-6/h3-4,6,9H,1-2,14H2,(H,15,16). The van der Waals surface area contributed by atoms with Gasteiger partial charge in [0.25, 0.3) is 0 Å². The van der Waals surface area contributed by atoms with Crippen LogP contribution in [0.4, 0.5) is 4.39 Å². The summed E-state index contributed by atoms with van der Waals surface area (Å²) in [5, 5.41) is 8.87. The Bertz CT molecular complexity index is 462. The molecule has 6 heteroatoms. The Morgan fingerprint density at radius 3 is 2.76 bits per heavy atom. The molecule has 1 fully saturated rings. The second kappa shape index (κ2) is 4.62. The van der Waals surface area contributed by atoms with E-state index in [1.54, 1.807) is 0 Å². The molecule has 0 amide bonds. The van der Waals surface area contributed by atoms with E-state index in [2.05, 4.69) is 15.9 Å². The lowest BCUT2D eigenvalue weighted by Crippen LogP contribution is -2.22. The Kier molecular flexibility index (Phi) is 3.35. The van der Waals surface area contributed by atoms with Gasteiger partial charge in [0, 0.05) is 5.56 Å². The predicted molar refractivity (Wildman–Crippen MR) is 62.3 cm³/mol. The molecule has 92 valence electrons. The topological polar surface area (TPSA) is 72.6 Å². The van der Waals surface area contributed by atoms with E-state index in [1.807, 2.05) is 0 Å². The summed E-state index contributed by atoms with van der Waals surface area (Å²) in [5.41, 5.74) is 5.65. The highest BCUT2D eigenvalue weighted by Gasteiger charge is 2.28. The maximum absolute atomic E-state index is 13.3. The highest BCUT2D eigenvalue weighted by atomic mass is 79.9. The first-order valence-electron chi connectivity index (χ1n) is 5.13. The molecule has 1 aliphatic carbocycles. The zero-order chi connectivity index (χ0) is 12.6. The van der Waals surface area contributed by atoms with Gasteiger partial charge in [-0.05, 0) is 40.9 Å². The summed E-state index contributed by atoms with van der Waals surface area (Å²) in [6.07, 6.45) is 1.92. The molecule has 1 aromatic rings. The molecule has 3 N–H and O–H groups in total. The zero-order valence-corrected chi connectivity index (χ0v) is 10.4. The average molecular weight is 304 g/mol. The Hall–Kier alpha value is -1.14. The lowest BCUT2D eigenvalue weighted by molar-refractivity contribution is -0.138. The normalized spacial score (nSPS) is 16.6. The van der Waals surface area contributed by atoms with E-state index in [1.165, 1.54) is 6.07 Å². The van der Waals surface area contributed by atoms with Crippen molar-refractivity contribution in [2.24, 2.45) is 5.73 Å². The van der Waals surface area contributed by atoms with Gasteiger partial charge in [-0.1, -0.05) is 0 Å². The van der Waals surface area contributed by atoms with Crippen LogP contribution in [0.25, 0.3) is 0 Å². The molecular formula is C11H11BrFNO3. The molecular weight excluding hydrogens is 293 g/mol. The smallest absolute Gasteiger partial charge is 0.325 e. The Morgan fingerprint density at radius 2 is 2.24 bits per heavy atom. The van der Waals surface area contributed by atoms with Crippen molar-refractivity contribution >= 4 is 21.9 Å². The summed E-state index contributed by atoms with van der Waals surface area (Å²) < 4.78 is 19.2. The molecule has 1 aromatic carbocycles. The SMILES string of the molecule is NC(C(=O)O)c1cc(F)cc(Br)c1OC1CC1. The van der Waals surface area contributed by atoms with Crippen LogP contribution in [0.2, 0.25) is 0 Å². The number of carboxylic acids is 1. The van der Waals surface area contributed by atoms with Crippen molar-refractivity contribution in [3.8, 4) is 5.75 Å². The average Bonchev–Trinajstić information content (AvgIpc) is 3.04. The second-order valence-corrected chi connectivity index (χ2v) is 4.79. The van der Waals surface area contributed by atoms with E-state index >= 15 is 0 Å². The van der Waals surface area contributed by atoms with Gasteiger partial charge in [-0.3, -0.25) is 4.79 Å². The highest BCUT2D eigenvalue weighted by Crippen LogP contribution is 2.37. The van der Waals surface area contributed by atoms with Crippen molar-refractivity contribution in [1.29, 1.82) is 0 Å². The fourth-order valence-corrected chi connectivity index (χ4v) is 1.96. The largest absolute Gasteiger partial charge is 0.489 e. The number of nitrogens with two attached hydrogens (primary N) is 1. The van der Waals surface area contributed by atoms with E-state index in [0.717, 1.165) is 18.9 Å². The minimum Gasteiger partial charge on any atom is -0.489 e. The summed E-state index contributed by atoms with van der Waals surface area (Å²) in [6.45, 7) is 0. The molecule has 0 spiro atoms. The summed E-state index contributed by atoms with van der Waals surface area (Å²) in [5.74, 6) is -1.45. The van der Waals surface area contributed by atoms with E-state index < -0.39 is 17.8 Å². The van der Waals surface area contributed by atoms with Crippen molar-refractivity contribution in [1.82, 2.24) is 0 Å². The van der Waals surface area contributed by atoms with E-state index in [0.29, 0.717) is 10.2 Å². The van der Waals surface area contributed by atoms with Gasteiger partial charge >= 0.3 is 5.97 Å². The van der Waals surface area contributed by atoms with Crippen LogP contribution < -0.4 is 10.5 Å². The Balaban J connectivity index is 2.41. The fourth-order valence-electron chi connectivity index (χ4n) is 1.42. The molecule has 0 aromatic heterocycles. The summed E-state index contributed by atoms with van der Waals surface area (Å²) in [7, 11) is 0. The van der Waals surface area contributed by atoms with Crippen LogP contribution in [0.3, 0.4) is 0 Å². The molecule has 0 aliphatic heterocycles. The monoisotopic (exact) mass is 303 g/mol. The number of hydrogen-bond acceptors (Lipinski definition) is 3. The molecule has 1 atom stereocenters. The molecule has 4 nitrogen and oxygen atoms in total. The summed E-state index contributed by atoms with van der Waals surface area (Å²) >= 11 is 3.16. The highest BCUT2D eigenvalue weighted by molar-refractivity contribution is 9.10. The first-order chi connectivity index (χ1) is 7.99. The molecule has 1 aliphatic rings. The number of ether oxygens (including phenoxy) is 1. The van der Waals surface area contributed by atoms with Crippen LogP contribution in [-0.4, -0.2) is 17.2 Å². The first-order valence-corrected chi connectivity index (χ1v) is 5.92. The third-order valence-corrected chi connectivity index (χ3v) is 3.04. The maximum Gasteiger partial charge on any atom is 0.325 e. The number of carboxylic acid groups (broad SMARTS) is 1. The van der Waals surface area contributed by atoms with Gasteiger partial charge in [-0.2, -0.15) is 0 Å². The Labute approximate surface area is 106 Å². The lowest BCUT2D eigenvalue weighted by Gasteiger charge is -2.15. The van der Waals surface area contributed by atoms with Gasteiger partial charge in [0.2, 0.25) is 0 Å². The molecule has 17 heavy (non-hydrogen) atoms. The number of rotatable bonds is 4. The second-order valence-electron chi connectivity index (χ2n) is 3.94. The molecule has 0 radical (unpaired) electrons. The predicted octanol–water partition coefficient (Wildman–Crippen LogP) is 2.21. The van der Waals surface area contributed by atoms with Crippen LogP contribution >= 0.6 is 15.9 Å². The lowest BCUT2D eigenvalue weighted by atomic mass is 10.1. The number of benzene rings is 1. The first kappa shape index (κ1) is 12.3. The van der Waals surface area contributed by atoms with Crippen molar-refractivity contribution in [2.45, 2.75) is 25.0 Å². The van der Waals surface area contributed by atoms with Crippen LogP contribution in [0.5, 0.6) is 5.75 Å². The number of aliphatic carboxylic acids is 1. The van der Waals surface area contributed by atoms with E-state index in [-0.39, 0.29) is 11.7 Å². The van der Waals surface area contributed by atoms with Crippen molar-refractivity contribution in [3.63, 3.8) is 0 Å². The van der Waals surface area contributed by atoms with Gasteiger partial charge in [0.05, 0.1) is 10.6 Å². The van der Waals surface area contributed by atoms with Gasteiger partial charge < -0.3 is 15.6 Å². The molecule has 2 rings (SSSR count). The van der Waals surface area contributed by atoms with Crippen molar-refractivity contribution in [3.05, 3.63) is 28.0 Å². The Morgan fingerprint density at radius 1 is 1.59 bits per heavy atom. The molecule has 0 heterocycles. The molecule has 1 saturated carbocycles. The maximum atomic E-state index is 13.3. The number of carbonyl (C=O) groups is 1. The van der Waals surface area contributed by atoms with Crippen LogP contribution in [0.1, 0.15) is 24.4 Å². The third-order valence-electron chi connectivity index (χ3n) is 2.45. The molecule has 1 unspecified atom stereocenters. The van der Waals surface area contributed by atoms with Crippen molar-refractivity contribution < 1.29 is 19.0 Å². The molecule has 0 bridgehead atoms. The minimum absolute atomic E-state index is 0.0801.